The molecule has 1 atom stereocenters. The lowest BCUT2D eigenvalue weighted by molar-refractivity contribution is 0.0714. The van der Waals surface area contributed by atoms with Crippen molar-refractivity contribution in [3.05, 3.63) is 42.0 Å². The number of hydrogen-bond donors (Lipinski definition) is 0. The van der Waals surface area contributed by atoms with Crippen LogP contribution >= 0.6 is 11.6 Å². The maximum absolute atomic E-state index is 6.05. The largest absolute Gasteiger partial charge is 0.491 e. The highest BCUT2D eigenvalue weighted by molar-refractivity contribution is 6.18. The summed E-state index contributed by atoms with van der Waals surface area (Å²) in [7, 11) is 1.68. The number of methoxy groups -OCH3 is 1. The normalized spacial score (nSPS) is 12.6. The summed E-state index contributed by atoms with van der Waals surface area (Å²) in [5.41, 5.74) is 1.04. The molecule has 3 heteroatoms. The Morgan fingerprint density at radius 3 is 2.67 bits per heavy atom. The fourth-order valence-electron chi connectivity index (χ4n) is 1.86. The van der Waals surface area contributed by atoms with Crippen molar-refractivity contribution in [3.63, 3.8) is 0 Å². The molecule has 2 nitrogen and oxygen atoms in total. The third kappa shape index (κ3) is 2.77. The molecular formula is C15H17ClO2. The summed E-state index contributed by atoms with van der Waals surface area (Å²) >= 11 is 6.05. The van der Waals surface area contributed by atoms with E-state index >= 15 is 0 Å². The molecule has 0 radical (unpaired) electrons. The van der Waals surface area contributed by atoms with Gasteiger partial charge >= 0.3 is 0 Å². The molecule has 2 aromatic rings. The lowest BCUT2D eigenvalue weighted by atomic mass is 10.0. The van der Waals surface area contributed by atoms with Gasteiger partial charge in [-0.15, -0.1) is 11.6 Å². The predicted octanol–water partition coefficient (Wildman–Crippen LogP) is 3.99. The Morgan fingerprint density at radius 1 is 1.17 bits per heavy atom. The van der Waals surface area contributed by atoms with E-state index in [4.69, 9.17) is 21.1 Å². The van der Waals surface area contributed by atoms with Crippen LogP contribution in [0.15, 0.2) is 36.4 Å². The molecule has 0 aliphatic rings. The first-order valence-corrected chi connectivity index (χ1v) is 6.52. The Hall–Kier alpha value is -1.25. The Balaban J connectivity index is 2.33. The van der Waals surface area contributed by atoms with Crippen molar-refractivity contribution >= 4 is 22.4 Å². The van der Waals surface area contributed by atoms with Crippen LogP contribution in [0.25, 0.3) is 10.8 Å². The molecule has 2 aromatic carbocycles. The summed E-state index contributed by atoms with van der Waals surface area (Å²) in [5.74, 6) is 1.28. The molecule has 0 fully saturated rings. The van der Waals surface area contributed by atoms with Gasteiger partial charge in [-0.2, -0.15) is 0 Å². The van der Waals surface area contributed by atoms with E-state index in [9.17, 15) is 0 Å². The van der Waals surface area contributed by atoms with Crippen molar-refractivity contribution in [1.29, 1.82) is 0 Å². The average molecular weight is 265 g/mol. The van der Waals surface area contributed by atoms with Gasteiger partial charge in [0.2, 0.25) is 0 Å². The summed E-state index contributed by atoms with van der Waals surface area (Å²) in [4.78, 5) is 0. The minimum Gasteiger partial charge on any atom is -0.491 e. The maximum atomic E-state index is 6.05. The first-order valence-electron chi connectivity index (χ1n) is 5.98. The molecule has 1 unspecified atom stereocenters. The SMILES string of the molecule is COC(C)COc1ccc2ccccc2c1CCl. The smallest absolute Gasteiger partial charge is 0.124 e. The Labute approximate surface area is 112 Å². The van der Waals surface area contributed by atoms with Gasteiger partial charge in [0.1, 0.15) is 12.4 Å². The van der Waals surface area contributed by atoms with E-state index in [2.05, 4.69) is 18.2 Å². The third-order valence-electron chi connectivity index (χ3n) is 3.01. The molecule has 0 spiro atoms. The Kier molecular flexibility index (Phi) is 4.45. The number of fused-ring (bicyclic) bond motifs is 1. The molecule has 96 valence electrons. The topological polar surface area (TPSA) is 18.5 Å². The van der Waals surface area contributed by atoms with Crippen molar-refractivity contribution in [1.82, 2.24) is 0 Å². The van der Waals surface area contributed by atoms with E-state index in [1.807, 2.05) is 25.1 Å². The molecule has 0 aliphatic heterocycles. The van der Waals surface area contributed by atoms with Gasteiger partial charge in [-0.25, -0.2) is 0 Å². The highest BCUT2D eigenvalue weighted by atomic mass is 35.5. The zero-order chi connectivity index (χ0) is 13.0. The van der Waals surface area contributed by atoms with Crippen LogP contribution in [-0.2, 0) is 10.6 Å². The van der Waals surface area contributed by atoms with Gasteiger partial charge in [0.25, 0.3) is 0 Å². The van der Waals surface area contributed by atoms with E-state index in [0.717, 1.165) is 16.7 Å². The van der Waals surface area contributed by atoms with Gasteiger partial charge in [0.15, 0.2) is 0 Å². The van der Waals surface area contributed by atoms with Crippen molar-refractivity contribution in [2.24, 2.45) is 0 Å². The summed E-state index contributed by atoms with van der Waals surface area (Å²) in [6.45, 7) is 2.50. The molecular weight excluding hydrogens is 248 g/mol. The number of ether oxygens (including phenoxy) is 2. The predicted molar refractivity (Wildman–Crippen MR) is 75.5 cm³/mol. The van der Waals surface area contributed by atoms with Crippen molar-refractivity contribution in [2.45, 2.75) is 18.9 Å². The zero-order valence-electron chi connectivity index (χ0n) is 10.7. The molecule has 18 heavy (non-hydrogen) atoms. The molecule has 0 bridgehead atoms. The van der Waals surface area contributed by atoms with Gasteiger partial charge in [-0.05, 0) is 23.8 Å². The van der Waals surface area contributed by atoms with Gasteiger partial charge < -0.3 is 9.47 Å². The Morgan fingerprint density at radius 2 is 1.94 bits per heavy atom. The molecule has 0 saturated heterocycles. The van der Waals surface area contributed by atoms with Crippen LogP contribution in [0.2, 0.25) is 0 Å². The number of hydrogen-bond acceptors (Lipinski definition) is 2. The average Bonchev–Trinajstić information content (AvgIpc) is 2.43. The van der Waals surface area contributed by atoms with Crippen LogP contribution in [0.5, 0.6) is 5.75 Å². The summed E-state index contributed by atoms with van der Waals surface area (Å²) in [6, 6.07) is 12.2. The highest BCUT2D eigenvalue weighted by Crippen LogP contribution is 2.29. The minimum atomic E-state index is 0.0691. The van der Waals surface area contributed by atoms with Gasteiger partial charge in [-0.1, -0.05) is 30.3 Å². The maximum Gasteiger partial charge on any atom is 0.124 e. The molecule has 0 amide bonds. The standard InChI is InChI=1S/C15H17ClO2/c1-11(17-2)10-18-15-8-7-12-5-3-4-6-13(12)14(15)9-16/h3-8,11H,9-10H2,1-2H3. The summed E-state index contributed by atoms with van der Waals surface area (Å²) in [6.07, 6.45) is 0.0691. The van der Waals surface area contributed by atoms with Crippen molar-refractivity contribution in [3.8, 4) is 5.75 Å². The fourth-order valence-corrected chi connectivity index (χ4v) is 2.14. The van der Waals surface area contributed by atoms with Crippen molar-refractivity contribution < 1.29 is 9.47 Å². The number of rotatable bonds is 5. The molecule has 0 aromatic heterocycles. The van der Waals surface area contributed by atoms with E-state index in [1.54, 1.807) is 7.11 Å². The third-order valence-corrected chi connectivity index (χ3v) is 3.27. The minimum absolute atomic E-state index is 0.0691. The van der Waals surface area contributed by atoms with E-state index in [0.29, 0.717) is 12.5 Å². The molecule has 0 saturated carbocycles. The second-order valence-corrected chi connectivity index (χ2v) is 4.52. The molecule has 0 heterocycles. The lowest BCUT2D eigenvalue weighted by Gasteiger charge is -2.15. The quantitative estimate of drug-likeness (QED) is 0.760. The van der Waals surface area contributed by atoms with Crippen LogP contribution in [0.4, 0.5) is 0 Å². The fraction of sp³-hybridized carbons (Fsp3) is 0.333. The Bertz CT molecular complexity index is 525. The first kappa shape index (κ1) is 13.2. The zero-order valence-corrected chi connectivity index (χ0v) is 11.4. The molecule has 0 aliphatic carbocycles. The number of alkyl halides is 1. The van der Waals surface area contributed by atoms with Crippen LogP contribution < -0.4 is 4.74 Å². The van der Waals surface area contributed by atoms with Crippen LogP contribution in [-0.4, -0.2) is 19.8 Å². The second kappa shape index (κ2) is 6.07. The van der Waals surface area contributed by atoms with Crippen LogP contribution in [0, 0.1) is 0 Å². The monoisotopic (exact) mass is 264 g/mol. The van der Waals surface area contributed by atoms with Crippen LogP contribution in [0.3, 0.4) is 0 Å². The van der Waals surface area contributed by atoms with Crippen molar-refractivity contribution in [2.75, 3.05) is 13.7 Å². The lowest BCUT2D eigenvalue weighted by Crippen LogP contribution is -2.16. The summed E-state index contributed by atoms with van der Waals surface area (Å²) < 4.78 is 11.0. The first-order chi connectivity index (χ1) is 8.76. The van der Waals surface area contributed by atoms with E-state index in [-0.39, 0.29) is 6.10 Å². The van der Waals surface area contributed by atoms with Gasteiger partial charge in [0, 0.05) is 12.7 Å². The molecule has 2 rings (SSSR count). The number of halogens is 1. The second-order valence-electron chi connectivity index (χ2n) is 4.25. The van der Waals surface area contributed by atoms with Gasteiger partial charge in [0.05, 0.1) is 12.0 Å². The van der Waals surface area contributed by atoms with E-state index < -0.39 is 0 Å². The highest BCUT2D eigenvalue weighted by Gasteiger charge is 2.09. The van der Waals surface area contributed by atoms with Gasteiger partial charge in [-0.3, -0.25) is 0 Å². The van der Waals surface area contributed by atoms with Crippen LogP contribution in [0.1, 0.15) is 12.5 Å². The number of benzene rings is 2. The van der Waals surface area contributed by atoms with E-state index in [1.165, 1.54) is 5.39 Å². The summed E-state index contributed by atoms with van der Waals surface area (Å²) in [5, 5.41) is 2.33. The molecule has 0 N–H and O–H groups in total.